The van der Waals surface area contributed by atoms with Gasteiger partial charge in [0.25, 0.3) is 0 Å². The molecular weight excluding hydrogens is 128 g/mol. The van der Waals surface area contributed by atoms with Gasteiger partial charge in [-0.15, -0.1) is 5.10 Å². The molecule has 0 atom stereocenters. The van der Waals surface area contributed by atoms with Crippen LogP contribution in [-0.2, 0) is 0 Å². The second kappa shape index (κ2) is 4.00. The van der Waals surface area contributed by atoms with Gasteiger partial charge in [-0.25, -0.2) is 0 Å². The molecule has 4 heteroatoms. The summed E-state index contributed by atoms with van der Waals surface area (Å²) in [7, 11) is 0. The SMILES string of the molecule is C=N/N=C\N1CCNCC1. The molecule has 1 aliphatic heterocycles. The van der Waals surface area contributed by atoms with Gasteiger partial charge in [0.05, 0.1) is 0 Å². The maximum Gasteiger partial charge on any atom is 0.114 e. The van der Waals surface area contributed by atoms with E-state index in [1.807, 2.05) is 0 Å². The highest BCUT2D eigenvalue weighted by molar-refractivity contribution is 5.55. The summed E-state index contributed by atoms with van der Waals surface area (Å²) in [4.78, 5) is 2.12. The molecule has 1 saturated heterocycles. The Morgan fingerprint density at radius 3 is 2.70 bits per heavy atom. The van der Waals surface area contributed by atoms with E-state index in [9.17, 15) is 0 Å². The summed E-state index contributed by atoms with van der Waals surface area (Å²) >= 11 is 0. The Morgan fingerprint density at radius 2 is 2.10 bits per heavy atom. The monoisotopic (exact) mass is 140 g/mol. The van der Waals surface area contributed by atoms with Gasteiger partial charge in [0.15, 0.2) is 0 Å². The summed E-state index contributed by atoms with van der Waals surface area (Å²) in [6, 6.07) is 0. The molecule has 0 spiro atoms. The van der Waals surface area contributed by atoms with Crippen LogP contribution in [0.2, 0.25) is 0 Å². The van der Waals surface area contributed by atoms with Gasteiger partial charge in [-0.3, -0.25) is 0 Å². The fourth-order valence-electron chi connectivity index (χ4n) is 0.907. The molecule has 1 N–H and O–H groups in total. The van der Waals surface area contributed by atoms with Crippen LogP contribution in [0.1, 0.15) is 0 Å². The van der Waals surface area contributed by atoms with Crippen LogP contribution in [0, 0.1) is 0 Å². The third-order valence-corrected chi connectivity index (χ3v) is 1.45. The standard InChI is InChI=1S/C6H12N4/c1-7-9-6-10-4-2-8-3-5-10/h6,8H,1-5H2/b9-6-. The van der Waals surface area contributed by atoms with Crippen LogP contribution in [0.15, 0.2) is 10.2 Å². The molecule has 0 aromatic carbocycles. The third kappa shape index (κ3) is 2.14. The summed E-state index contributed by atoms with van der Waals surface area (Å²) in [5.74, 6) is 0. The molecule has 56 valence electrons. The minimum Gasteiger partial charge on any atom is -0.359 e. The summed E-state index contributed by atoms with van der Waals surface area (Å²) < 4.78 is 0. The van der Waals surface area contributed by atoms with Crippen molar-refractivity contribution < 1.29 is 0 Å². The Bertz CT molecular complexity index is 126. The first-order valence-corrected chi connectivity index (χ1v) is 3.37. The van der Waals surface area contributed by atoms with E-state index in [0.29, 0.717) is 0 Å². The molecule has 1 fully saturated rings. The Morgan fingerprint density at radius 1 is 1.40 bits per heavy atom. The van der Waals surface area contributed by atoms with Gasteiger partial charge < -0.3 is 10.2 Å². The fourth-order valence-corrected chi connectivity index (χ4v) is 0.907. The number of hydrogen-bond acceptors (Lipinski definition) is 3. The predicted molar refractivity (Wildman–Crippen MR) is 42.5 cm³/mol. The Balaban J connectivity index is 2.25. The highest BCUT2D eigenvalue weighted by Gasteiger charge is 2.03. The van der Waals surface area contributed by atoms with Crippen molar-refractivity contribution >= 4 is 13.1 Å². The zero-order chi connectivity index (χ0) is 7.23. The van der Waals surface area contributed by atoms with Gasteiger partial charge in [-0.1, -0.05) is 0 Å². The van der Waals surface area contributed by atoms with E-state index in [-0.39, 0.29) is 0 Å². The van der Waals surface area contributed by atoms with Crippen LogP contribution < -0.4 is 5.32 Å². The van der Waals surface area contributed by atoms with Crippen molar-refractivity contribution in [3.8, 4) is 0 Å². The van der Waals surface area contributed by atoms with Gasteiger partial charge in [0.2, 0.25) is 0 Å². The first kappa shape index (κ1) is 7.21. The van der Waals surface area contributed by atoms with Crippen molar-refractivity contribution in [2.75, 3.05) is 26.2 Å². The minimum absolute atomic E-state index is 1.01. The lowest BCUT2D eigenvalue weighted by Crippen LogP contribution is -2.42. The maximum absolute atomic E-state index is 3.68. The summed E-state index contributed by atoms with van der Waals surface area (Å²) in [6.45, 7) is 7.34. The van der Waals surface area contributed by atoms with Crippen LogP contribution in [-0.4, -0.2) is 44.1 Å². The second-order valence-electron chi connectivity index (χ2n) is 2.16. The molecule has 0 saturated carbocycles. The van der Waals surface area contributed by atoms with Crippen LogP contribution >= 0.6 is 0 Å². The molecule has 1 aliphatic rings. The average Bonchev–Trinajstić information content (AvgIpc) is 2.03. The first-order chi connectivity index (χ1) is 4.93. The Hall–Kier alpha value is -0.900. The third-order valence-electron chi connectivity index (χ3n) is 1.45. The summed E-state index contributed by atoms with van der Waals surface area (Å²) in [5.41, 5.74) is 0. The maximum atomic E-state index is 3.68. The summed E-state index contributed by atoms with van der Waals surface area (Å²) in [6.07, 6.45) is 1.73. The molecule has 1 heterocycles. The lowest BCUT2D eigenvalue weighted by molar-refractivity contribution is 0.365. The van der Waals surface area contributed by atoms with Gasteiger partial charge in [0, 0.05) is 32.9 Å². The normalized spacial score (nSPS) is 19.8. The van der Waals surface area contributed by atoms with Crippen molar-refractivity contribution in [2.24, 2.45) is 10.2 Å². The summed E-state index contributed by atoms with van der Waals surface area (Å²) in [5, 5.41) is 10.3. The number of rotatable bonds is 2. The van der Waals surface area contributed by atoms with Gasteiger partial charge in [-0.05, 0) is 0 Å². The van der Waals surface area contributed by atoms with Crippen molar-refractivity contribution in [3.63, 3.8) is 0 Å². The number of nitrogens with zero attached hydrogens (tertiary/aromatic N) is 3. The smallest absolute Gasteiger partial charge is 0.114 e. The molecule has 0 aromatic rings. The molecule has 0 aliphatic carbocycles. The lowest BCUT2D eigenvalue weighted by Gasteiger charge is -2.24. The lowest BCUT2D eigenvalue weighted by atomic mass is 10.4. The highest BCUT2D eigenvalue weighted by Crippen LogP contribution is 1.86. The second-order valence-corrected chi connectivity index (χ2v) is 2.16. The van der Waals surface area contributed by atoms with Crippen molar-refractivity contribution in [1.29, 1.82) is 0 Å². The molecule has 0 bridgehead atoms. The van der Waals surface area contributed by atoms with E-state index in [0.717, 1.165) is 26.2 Å². The van der Waals surface area contributed by atoms with Crippen molar-refractivity contribution in [3.05, 3.63) is 0 Å². The highest BCUT2D eigenvalue weighted by atomic mass is 15.3. The van der Waals surface area contributed by atoms with Crippen LogP contribution in [0.4, 0.5) is 0 Å². The van der Waals surface area contributed by atoms with Gasteiger partial charge in [-0.2, -0.15) is 5.10 Å². The molecule has 0 amide bonds. The van der Waals surface area contributed by atoms with Gasteiger partial charge in [0.1, 0.15) is 6.34 Å². The van der Waals surface area contributed by atoms with E-state index >= 15 is 0 Å². The van der Waals surface area contributed by atoms with E-state index in [4.69, 9.17) is 0 Å². The van der Waals surface area contributed by atoms with Crippen molar-refractivity contribution in [2.45, 2.75) is 0 Å². The van der Waals surface area contributed by atoms with Crippen LogP contribution in [0.3, 0.4) is 0 Å². The largest absolute Gasteiger partial charge is 0.359 e. The van der Waals surface area contributed by atoms with Gasteiger partial charge >= 0.3 is 0 Å². The molecule has 10 heavy (non-hydrogen) atoms. The molecular formula is C6H12N4. The Kier molecular flexibility index (Phi) is 2.89. The fraction of sp³-hybridized carbons (Fsp3) is 0.667. The molecule has 0 unspecified atom stereocenters. The van der Waals surface area contributed by atoms with E-state index in [1.54, 1.807) is 6.34 Å². The molecule has 1 rings (SSSR count). The van der Waals surface area contributed by atoms with Crippen LogP contribution in [0.25, 0.3) is 0 Å². The first-order valence-electron chi connectivity index (χ1n) is 3.37. The number of hydrogen-bond donors (Lipinski definition) is 1. The average molecular weight is 140 g/mol. The topological polar surface area (TPSA) is 40.0 Å². The zero-order valence-corrected chi connectivity index (χ0v) is 5.95. The zero-order valence-electron chi connectivity index (χ0n) is 5.95. The van der Waals surface area contributed by atoms with E-state index in [1.165, 1.54) is 0 Å². The predicted octanol–water partition coefficient (Wildman–Crippen LogP) is -0.464. The number of piperazine rings is 1. The van der Waals surface area contributed by atoms with E-state index in [2.05, 4.69) is 27.1 Å². The molecule has 0 radical (unpaired) electrons. The quantitative estimate of drug-likeness (QED) is 0.320. The van der Waals surface area contributed by atoms with E-state index < -0.39 is 0 Å². The van der Waals surface area contributed by atoms with Crippen molar-refractivity contribution in [1.82, 2.24) is 10.2 Å². The van der Waals surface area contributed by atoms with Crippen LogP contribution in [0.5, 0.6) is 0 Å². The molecule has 0 aromatic heterocycles. The number of nitrogens with one attached hydrogen (secondary N) is 1. The minimum atomic E-state index is 1.01. The Labute approximate surface area is 60.6 Å². The molecule has 4 nitrogen and oxygen atoms in total.